The van der Waals surface area contributed by atoms with Gasteiger partial charge < -0.3 is 34.9 Å². The number of hydrogen-bond donors (Lipinski definition) is 2. The first-order chi connectivity index (χ1) is 17.5. The van der Waals surface area contributed by atoms with Gasteiger partial charge in [-0.3, -0.25) is 4.79 Å². The van der Waals surface area contributed by atoms with E-state index in [0.717, 1.165) is 62.6 Å². The summed E-state index contributed by atoms with van der Waals surface area (Å²) in [6.45, 7) is 6.18. The average Bonchev–Trinajstić information content (AvgIpc) is 3.18. The number of primary amides is 1. The molecule has 2 saturated heterocycles. The second-order valence-electron chi connectivity index (χ2n) is 9.39. The molecular formula is C25H34N6O4S. The highest BCUT2D eigenvalue weighted by Gasteiger charge is 2.40. The largest absolute Gasteiger partial charge is 0.598 e. The second-order valence-corrected chi connectivity index (χ2v) is 11.1. The lowest BCUT2D eigenvalue weighted by molar-refractivity contribution is -0.114. The summed E-state index contributed by atoms with van der Waals surface area (Å²) in [7, 11) is 1.84. The molecule has 0 aromatic heterocycles. The van der Waals surface area contributed by atoms with Crippen LogP contribution >= 0.6 is 0 Å². The van der Waals surface area contributed by atoms with Crippen LogP contribution in [-0.4, -0.2) is 83.4 Å². The number of guanidine groups is 1. The highest BCUT2D eigenvalue weighted by Crippen LogP contribution is 2.38. The molecule has 1 amide bonds. The number of amides is 1. The van der Waals surface area contributed by atoms with E-state index in [1.54, 1.807) is 4.90 Å². The Hall–Kier alpha value is -2.73. The number of ether oxygens (including phenoxy) is 2. The molecule has 2 fully saturated rings. The van der Waals surface area contributed by atoms with E-state index in [1.165, 1.54) is 6.20 Å². The van der Waals surface area contributed by atoms with Gasteiger partial charge in [0.1, 0.15) is 17.6 Å². The van der Waals surface area contributed by atoms with Gasteiger partial charge in [-0.25, -0.2) is 4.99 Å². The van der Waals surface area contributed by atoms with Crippen LogP contribution in [0.25, 0.3) is 0 Å². The fourth-order valence-corrected chi connectivity index (χ4v) is 6.89. The van der Waals surface area contributed by atoms with Crippen LogP contribution in [0.15, 0.2) is 46.7 Å². The molecular weight excluding hydrogens is 480 g/mol. The van der Waals surface area contributed by atoms with E-state index in [4.69, 9.17) is 15.2 Å². The Morgan fingerprint density at radius 1 is 1.31 bits per heavy atom. The Bertz CT molecular complexity index is 1080. The molecule has 10 nitrogen and oxygen atoms in total. The van der Waals surface area contributed by atoms with Crippen molar-refractivity contribution in [2.45, 2.75) is 37.5 Å². The summed E-state index contributed by atoms with van der Waals surface area (Å²) in [5.74, 6) is 0.883. The number of piperazine rings is 1. The predicted molar refractivity (Wildman–Crippen MR) is 141 cm³/mol. The van der Waals surface area contributed by atoms with Crippen LogP contribution in [0.3, 0.4) is 0 Å². The number of nitrogens with zero attached hydrogens (tertiary/aromatic N) is 4. The zero-order valence-electron chi connectivity index (χ0n) is 20.8. The summed E-state index contributed by atoms with van der Waals surface area (Å²) in [5, 5.41) is 3.50. The number of rotatable bonds is 4. The minimum absolute atomic E-state index is 0.166. The van der Waals surface area contributed by atoms with Crippen molar-refractivity contribution in [3.63, 3.8) is 0 Å². The van der Waals surface area contributed by atoms with Crippen LogP contribution in [-0.2, 0) is 20.9 Å². The third-order valence-corrected chi connectivity index (χ3v) is 9.03. The molecule has 5 rings (SSSR count). The monoisotopic (exact) mass is 514 g/mol. The van der Waals surface area contributed by atoms with E-state index < -0.39 is 17.3 Å². The van der Waals surface area contributed by atoms with E-state index in [0.29, 0.717) is 30.4 Å². The van der Waals surface area contributed by atoms with Gasteiger partial charge in [-0.15, -0.1) is 4.31 Å². The van der Waals surface area contributed by atoms with Gasteiger partial charge in [0.05, 0.1) is 42.7 Å². The van der Waals surface area contributed by atoms with Gasteiger partial charge in [-0.2, -0.15) is 0 Å². The molecule has 1 aromatic carbocycles. The van der Waals surface area contributed by atoms with E-state index in [-0.39, 0.29) is 11.3 Å². The summed E-state index contributed by atoms with van der Waals surface area (Å²) in [5.41, 5.74) is 8.44. The molecule has 11 heteroatoms. The smallest absolute Gasteiger partial charge is 0.252 e. The Morgan fingerprint density at radius 3 is 2.97 bits per heavy atom. The van der Waals surface area contributed by atoms with Crippen molar-refractivity contribution < 1.29 is 18.8 Å². The molecule has 0 spiro atoms. The van der Waals surface area contributed by atoms with Crippen LogP contribution in [0.4, 0.5) is 11.4 Å². The Kier molecular flexibility index (Phi) is 7.42. The average molecular weight is 515 g/mol. The van der Waals surface area contributed by atoms with E-state index in [9.17, 15) is 9.35 Å². The predicted octanol–water partition coefficient (Wildman–Crippen LogP) is 1.79. The molecule has 4 aliphatic rings. The molecule has 0 bridgehead atoms. The number of anilines is 2. The number of carbonyl (C=O) groups excluding carboxylic acids is 1. The standard InChI is InChI=1S/C25H34N6O4S/c1-3-21-20(24(26)32)14-27-25(29(21)2)28-17-6-7-22-23(13-17)35-16-18-15-30(9-10-31(18)22)36(33)19-5-4-11-34-12-8-19/h3,6-7,13-14,18-19H,4-5,8-12,15-16H2,1-2H3,(H2,26,32)(H,27,28)/b21-3+/t18-,19?,36?/m1/s1. The third kappa shape index (κ3) is 4.93. The number of hydrogen-bond acceptors (Lipinski definition) is 9. The van der Waals surface area contributed by atoms with Gasteiger partial charge in [0.15, 0.2) is 0 Å². The topological polar surface area (TPSA) is 119 Å². The molecule has 0 saturated carbocycles. The van der Waals surface area contributed by atoms with Gasteiger partial charge >= 0.3 is 0 Å². The molecule has 1 aromatic rings. The quantitative estimate of drug-likeness (QED) is 0.584. The molecule has 3 N–H and O–H groups in total. The highest BCUT2D eigenvalue weighted by atomic mass is 32.2. The number of carbonyl (C=O) groups is 1. The lowest BCUT2D eigenvalue weighted by Gasteiger charge is -2.45. The van der Waals surface area contributed by atoms with Gasteiger partial charge in [-0.1, -0.05) is 6.08 Å². The fourth-order valence-electron chi connectivity index (χ4n) is 5.22. The van der Waals surface area contributed by atoms with E-state index in [1.807, 2.05) is 32.2 Å². The maximum Gasteiger partial charge on any atom is 0.252 e. The Balaban J connectivity index is 1.26. The number of nitrogens with one attached hydrogen (secondary N) is 1. The zero-order valence-corrected chi connectivity index (χ0v) is 21.6. The van der Waals surface area contributed by atoms with E-state index in [2.05, 4.69) is 25.6 Å². The van der Waals surface area contributed by atoms with Crippen LogP contribution in [0, 0.1) is 0 Å². The van der Waals surface area contributed by atoms with Crippen LogP contribution in [0.1, 0.15) is 26.2 Å². The summed E-state index contributed by atoms with van der Waals surface area (Å²) in [4.78, 5) is 20.3. The molecule has 36 heavy (non-hydrogen) atoms. The van der Waals surface area contributed by atoms with Crippen molar-refractivity contribution in [3.05, 3.63) is 41.7 Å². The lowest BCUT2D eigenvalue weighted by Crippen LogP contribution is -2.59. The molecule has 0 aliphatic carbocycles. The number of fused-ring (bicyclic) bond motifs is 3. The van der Waals surface area contributed by atoms with Gasteiger partial charge in [-0.05, 0) is 31.9 Å². The normalized spacial score (nSPS) is 26.7. The minimum Gasteiger partial charge on any atom is -0.598 e. The van der Waals surface area contributed by atoms with Crippen molar-refractivity contribution in [1.29, 1.82) is 0 Å². The Labute approximate surface area is 215 Å². The fraction of sp³-hybridized carbons (Fsp3) is 0.520. The zero-order chi connectivity index (χ0) is 25.2. The number of nitrogens with two attached hydrogens (primary N) is 1. The van der Waals surface area contributed by atoms with Gasteiger partial charge in [0, 0.05) is 55.9 Å². The lowest BCUT2D eigenvalue weighted by atomic mass is 10.1. The first-order valence-corrected chi connectivity index (χ1v) is 13.7. The molecule has 0 radical (unpaired) electrons. The first-order valence-electron chi connectivity index (χ1n) is 12.5. The highest BCUT2D eigenvalue weighted by molar-refractivity contribution is 7.89. The number of aliphatic imine (C=N–C) groups is 1. The van der Waals surface area contributed by atoms with Crippen LogP contribution < -0.4 is 20.7 Å². The molecule has 194 valence electrons. The van der Waals surface area contributed by atoms with Crippen molar-refractivity contribution in [2.24, 2.45) is 10.7 Å². The van der Waals surface area contributed by atoms with Crippen molar-refractivity contribution in [2.75, 3.05) is 56.7 Å². The number of likely N-dealkylation sites (N-methyl/N-ethyl adjacent to an activating group) is 1. The first kappa shape index (κ1) is 24.9. The molecule has 2 unspecified atom stereocenters. The summed E-state index contributed by atoms with van der Waals surface area (Å²) in [6, 6.07) is 6.20. The maximum absolute atomic E-state index is 13.3. The van der Waals surface area contributed by atoms with Crippen molar-refractivity contribution in [3.8, 4) is 5.75 Å². The minimum atomic E-state index is -0.993. The molecule has 4 aliphatic heterocycles. The summed E-state index contributed by atoms with van der Waals surface area (Å²) >= 11 is -0.993. The number of benzene rings is 1. The summed E-state index contributed by atoms with van der Waals surface area (Å²) in [6.07, 6.45) is 6.13. The van der Waals surface area contributed by atoms with Gasteiger partial charge in [0.2, 0.25) is 5.96 Å². The second kappa shape index (κ2) is 10.7. The van der Waals surface area contributed by atoms with E-state index >= 15 is 0 Å². The Morgan fingerprint density at radius 2 is 2.17 bits per heavy atom. The molecule has 3 atom stereocenters. The summed E-state index contributed by atoms with van der Waals surface area (Å²) < 4.78 is 27.1. The maximum atomic E-state index is 13.3. The number of allylic oxidation sites excluding steroid dienone is 1. The molecule has 4 heterocycles. The third-order valence-electron chi connectivity index (χ3n) is 7.15. The van der Waals surface area contributed by atoms with Gasteiger partial charge in [0.25, 0.3) is 5.91 Å². The van der Waals surface area contributed by atoms with Crippen molar-refractivity contribution in [1.82, 2.24) is 9.21 Å². The van der Waals surface area contributed by atoms with Crippen molar-refractivity contribution >= 4 is 34.6 Å². The SMILES string of the molecule is C/C=C1\C(C(N)=O)=CN=C(Nc2ccc3c(c2)OC[C@H]2CN([S+]([O-])C4CCCOCC4)CCN32)N1C. The van der Waals surface area contributed by atoms with Crippen LogP contribution in [0.5, 0.6) is 5.75 Å². The van der Waals surface area contributed by atoms with Crippen LogP contribution in [0.2, 0.25) is 0 Å².